The molecular weight excluding hydrogens is 255 g/mol. The van der Waals surface area contributed by atoms with Crippen molar-refractivity contribution in [3.8, 4) is 11.5 Å². The zero-order chi connectivity index (χ0) is 10.6. The van der Waals surface area contributed by atoms with Crippen molar-refractivity contribution < 1.29 is 18.6 Å². The van der Waals surface area contributed by atoms with Gasteiger partial charge in [0, 0.05) is 13.2 Å². The molecule has 14 heavy (non-hydrogen) atoms. The Hall–Kier alpha value is -0.810. The van der Waals surface area contributed by atoms with Gasteiger partial charge in [-0.3, -0.25) is 0 Å². The predicted molar refractivity (Wildman–Crippen MR) is 53.2 cm³/mol. The molecule has 1 aromatic carbocycles. The third-order valence-corrected chi connectivity index (χ3v) is 2.10. The topological polar surface area (TPSA) is 27.7 Å². The van der Waals surface area contributed by atoms with Crippen LogP contribution in [0.5, 0.6) is 11.5 Å². The van der Waals surface area contributed by atoms with E-state index < -0.39 is 5.82 Å². The zero-order valence-electron chi connectivity index (χ0n) is 7.84. The number of methoxy groups -OCH3 is 2. The first-order chi connectivity index (χ1) is 6.69. The molecule has 0 bridgehead atoms. The lowest BCUT2D eigenvalue weighted by Gasteiger charge is -2.11. The van der Waals surface area contributed by atoms with Gasteiger partial charge in [-0.2, -0.15) is 0 Å². The summed E-state index contributed by atoms with van der Waals surface area (Å²) in [6.45, 7) is 0.0839. The fraction of sp³-hybridized carbons (Fsp3) is 0.333. The third kappa shape index (κ3) is 2.59. The summed E-state index contributed by atoms with van der Waals surface area (Å²) < 4.78 is 28.3. The number of hydrogen-bond acceptors (Lipinski definition) is 3. The largest absolute Gasteiger partial charge is 0.493 e. The molecule has 1 rings (SSSR count). The quantitative estimate of drug-likeness (QED) is 0.783. The first-order valence-electron chi connectivity index (χ1n) is 3.83. The van der Waals surface area contributed by atoms with Gasteiger partial charge in [0.15, 0.2) is 18.3 Å². The van der Waals surface area contributed by atoms with Crippen molar-refractivity contribution in [2.24, 2.45) is 0 Å². The van der Waals surface area contributed by atoms with Crippen LogP contribution < -0.4 is 9.47 Å². The predicted octanol–water partition coefficient (Wildman–Crippen LogP) is 2.58. The van der Waals surface area contributed by atoms with E-state index in [1.54, 1.807) is 0 Å². The highest BCUT2D eigenvalue weighted by Gasteiger charge is 2.11. The van der Waals surface area contributed by atoms with Gasteiger partial charge in [0.2, 0.25) is 0 Å². The minimum Gasteiger partial charge on any atom is -0.493 e. The van der Waals surface area contributed by atoms with Crippen LogP contribution in [0.4, 0.5) is 4.39 Å². The van der Waals surface area contributed by atoms with E-state index in [2.05, 4.69) is 15.9 Å². The molecule has 0 aliphatic rings. The van der Waals surface area contributed by atoms with Gasteiger partial charge in [-0.05, 0) is 22.0 Å². The first-order valence-corrected chi connectivity index (χ1v) is 4.63. The smallest absolute Gasteiger partial charge is 0.188 e. The molecule has 0 saturated heterocycles. The van der Waals surface area contributed by atoms with Crippen LogP contribution in [0.25, 0.3) is 0 Å². The molecule has 0 aliphatic heterocycles. The van der Waals surface area contributed by atoms with E-state index in [1.807, 2.05) is 0 Å². The summed E-state index contributed by atoms with van der Waals surface area (Å²) in [6.07, 6.45) is 0. The van der Waals surface area contributed by atoms with E-state index >= 15 is 0 Å². The highest BCUT2D eigenvalue weighted by Crippen LogP contribution is 2.35. The Kier molecular flexibility index (Phi) is 4.16. The molecule has 5 heteroatoms. The molecule has 1 aromatic rings. The number of hydrogen-bond donors (Lipinski definition) is 0. The summed E-state index contributed by atoms with van der Waals surface area (Å²) in [5.74, 6) is 0.364. The van der Waals surface area contributed by atoms with E-state index in [4.69, 9.17) is 14.2 Å². The Morgan fingerprint density at radius 2 is 2.07 bits per heavy atom. The van der Waals surface area contributed by atoms with Gasteiger partial charge < -0.3 is 14.2 Å². The molecule has 0 aromatic heterocycles. The second kappa shape index (κ2) is 5.17. The molecule has 0 N–H and O–H groups in total. The van der Waals surface area contributed by atoms with Crippen molar-refractivity contribution in [1.29, 1.82) is 0 Å². The maximum absolute atomic E-state index is 12.9. The summed E-state index contributed by atoms with van der Waals surface area (Å²) in [5, 5.41) is 0. The second-order valence-electron chi connectivity index (χ2n) is 2.47. The van der Waals surface area contributed by atoms with Gasteiger partial charge in [0.05, 0.1) is 11.6 Å². The number of benzene rings is 1. The lowest BCUT2D eigenvalue weighted by molar-refractivity contribution is 0.0485. The SMILES string of the molecule is COCOc1c(Br)cc(F)cc1OC. The maximum atomic E-state index is 12.9. The van der Waals surface area contributed by atoms with Crippen molar-refractivity contribution >= 4 is 15.9 Å². The second-order valence-corrected chi connectivity index (χ2v) is 3.32. The van der Waals surface area contributed by atoms with E-state index in [9.17, 15) is 4.39 Å². The fourth-order valence-corrected chi connectivity index (χ4v) is 1.47. The van der Waals surface area contributed by atoms with E-state index in [0.29, 0.717) is 16.0 Å². The first kappa shape index (κ1) is 11.3. The molecule has 0 fully saturated rings. The molecular formula is C9H10BrFO3. The monoisotopic (exact) mass is 264 g/mol. The lowest BCUT2D eigenvalue weighted by atomic mass is 10.3. The van der Waals surface area contributed by atoms with Crippen LogP contribution in [-0.4, -0.2) is 21.0 Å². The summed E-state index contributed by atoms with van der Waals surface area (Å²) in [4.78, 5) is 0. The average molecular weight is 265 g/mol. The van der Waals surface area contributed by atoms with Crippen LogP contribution in [0.2, 0.25) is 0 Å². The van der Waals surface area contributed by atoms with Gasteiger partial charge in [-0.15, -0.1) is 0 Å². The third-order valence-electron chi connectivity index (χ3n) is 1.52. The van der Waals surface area contributed by atoms with Crippen molar-refractivity contribution in [1.82, 2.24) is 0 Å². The molecule has 78 valence electrons. The minimum absolute atomic E-state index is 0.0839. The molecule has 0 atom stereocenters. The molecule has 0 amide bonds. The van der Waals surface area contributed by atoms with E-state index in [-0.39, 0.29) is 6.79 Å². The summed E-state index contributed by atoms with van der Waals surface area (Å²) >= 11 is 3.17. The molecule has 0 saturated carbocycles. The van der Waals surface area contributed by atoms with Crippen LogP contribution in [0.1, 0.15) is 0 Å². The number of rotatable bonds is 4. The van der Waals surface area contributed by atoms with Crippen molar-refractivity contribution in [3.63, 3.8) is 0 Å². The van der Waals surface area contributed by atoms with Crippen molar-refractivity contribution in [2.75, 3.05) is 21.0 Å². The Morgan fingerprint density at radius 1 is 1.36 bits per heavy atom. The number of halogens is 2. The average Bonchev–Trinajstić information content (AvgIpc) is 2.15. The maximum Gasteiger partial charge on any atom is 0.188 e. The van der Waals surface area contributed by atoms with Crippen LogP contribution in [0, 0.1) is 5.82 Å². The Morgan fingerprint density at radius 3 is 2.64 bits per heavy atom. The van der Waals surface area contributed by atoms with Crippen LogP contribution in [0.15, 0.2) is 16.6 Å². The molecule has 0 aliphatic carbocycles. The highest BCUT2D eigenvalue weighted by molar-refractivity contribution is 9.10. The summed E-state index contributed by atoms with van der Waals surface area (Å²) in [5.41, 5.74) is 0. The fourth-order valence-electron chi connectivity index (χ4n) is 0.946. The van der Waals surface area contributed by atoms with Crippen molar-refractivity contribution in [2.45, 2.75) is 0 Å². The number of ether oxygens (including phenoxy) is 3. The van der Waals surface area contributed by atoms with Gasteiger partial charge >= 0.3 is 0 Å². The normalized spacial score (nSPS) is 10.0. The molecule has 0 heterocycles. The highest BCUT2D eigenvalue weighted by atomic mass is 79.9. The molecule has 0 radical (unpaired) electrons. The molecule has 0 unspecified atom stereocenters. The lowest BCUT2D eigenvalue weighted by Crippen LogP contribution is -2.01. The van der Waals surface area contributed by atoms with Crippen LogP contribution in [0.3, 0.4) is 0 Å². The summed E-state index contributed by atoms with van der Waals surface area (Å²) in [7, 11) is 2.95. The van der Waals surface area contributed by atoms with E-state index in [0.717, 1.165) is 0 Å². The van der Waals surface area contributed by atoms with Gasteiger partial charge in [-0.1, -0.05) is 0 Å². The van der Waals surface area contributed by atoms with E-state index in [1.165, 1.54) is 26.4 Å². The van der Waals surface area contributed by atoms with Gasteiger partial charge in [-0.25, -0.2) is 4.39 Å². The van der Waals surface area contributed by atoms with Crippen molar-refractivity contribution in [3.05, 3.63) is 22.4 Å². The van der Waals surface area contributed by atoms with Crippen LogP contribution >= 0.6 is 15.9 Å². The summed E-state index contributed by atoms with van der Waals surface area (Å²) in [6, 6.07) is 2.54. The Bertz CT molecular complexity index is 317. The van der Waals surface area contributed by atoms with Gasteiger partial charge in [0.25, 0.3) is 0 Å². The standard InChI is InChI=1S/C9H10BrFO3/c1-12-5-14-9-7(10)3-6(11)4-8(9)13-2/h3-4H,5H2,1-2H3. The zero-order valence-corrected chi connectivity index (χ0v) is 9.43. The minimum atomic E-state index is -0.390. The molecule has 3 nitrogen and oxygen atoms in total. The molecule has 0 spiro atoms. The Balaban J connectivity index is 2.99. The van der Waals surface area contributed by atoms with Crippen LogP contribution in [-0.2, 0) is 4.74 Å². The van der Waals surface area contributed by atoms with Gasteiger partial charge in [0.1, 0.15) is 5.82 Å². The Labute approximate surface area is 89.9 Å².